The molecule has 0 bridgehead atoms. The van der Waals surface area contributed by atoms with Gasteiger partial charge in [-0.1, -0.05) is 54.6 Å². The maximum atomic E-state index is 13.0. The van der Waals surface area contributed by atoms with E-state index in [0.29, 0.717) is 24.3 Å². The third-order valence-corrected chi connectivity index (χ3v) is 6.18. The largest absolute Gasteiger partial charge is 0.347 e. The van der Waals surface area contributed by atoms with E-state index < -0.39 is 0 Å². The molecule has 1 unspecified atom stereocenters. The summed E-state index contributed by atoms with van der Waals surface area (Å²) >= 11 is 0. The predicted octanol–water partition coefficient (Wildman–Crippen LogP) is 4.28. The van der Waals surface area contributed by atoms with E-state index in [1.807, 2.05) is 94.4 Å². The van der Waals surface area contributed by atoms with Crippen LogP contribution in [0.15, 0.2) is 85.1 Å². The number of amides is 2. The van der Waals surface area contributed by atoms with Crippen molar-refractivity contribution in [3.8, 4) is 0 Å². The van der Waals surface area contributed by atoms with Gasteiger partial charge >= 0.3 is 0 Å². The maximum Gasteiger partial charge on any atom is 0.272 e. The van der Waals surface area contributed by atoms with Gasteiger partial charge in [0.15, 0.2) is 5.69 Å². The number of carbonyl (C=O) groups is 2. The van der Waals surface area contributed by atoms with Crippen molar-refractivity contribution in [3.05, 3.63) is 108 Å². The molecule has 6 heteroatoms. The van der Waals surface area contributed by atoms with Gasteiger partial charge in [0.25, 0.3) is 11.8 Å². The van der Waals surface area contributed by atoms with Crippen molar-refractivity contribution in [1.29, 1.82) is 0 Å². The Hall–Kier alpha value is -3.93. The molecule has 1 fully saturated rings. The number of aromatic nitrogens is 2. The number of likely N-dealkylation sites (tertiary alicyclic amines) is 1. The monoisotopic (exact) mass is 438 g/mol. The normalized spacial score (nSPS) is 16.0. The smallest absolute Gasteiger partial charge is 0.272 e. The van der Waals surface area contributed by atoms with Crippen LogP contribution in [0.2, 0.25) is 0 Å². The molecule has 2 aromatic carbocycles. The lowest BCUT2D eigenvalue weighted by Gasteiger charge is -2.32. The van der Waals surface area contributed by atoms with Crippen LogP contribution >= 0.6 is 0 Å². The van der Waals surface area contributed by atoms with Crippen LogP contribution in [-0.2, 0) is 6.54 Å². The average molecular weight is 439 g/mol. The minimum absolute atomic E-state index is 0.0435. The lowest BCUT2D eigenvalue weighted by molar-refractivity contribution is 0.0703. The molecule has 1 N–H and O–H groups in total. The fourth-order valence-corrected chi connectivity index (χ4v) is 4.51. The minimum atomic E-state index is -0.193. The maximum absolute atomic E-state index is 13.0. The topological polar surface area (TPSA) is 66.7 Å². The molecule has 33 heavy (non-hydrogen) atoms. The molecule has 2 aromatic heterocycles. The molecule has 5 rings (SSSR count). The summed E-state index contributed by atoms with van der Waals surface area (Å²) in [7, 11) is 0. The molecule has 3 heterocycles. The highest BCUT2D eigenvalue weighted by Crippen LogP contribution is 2.29. The first-order chi connectivity index (χ1) is 16.2. The summed E-state index contributed by atoms with van der Waals surface area (Å²) in [5, 5.41) is 2.99. The third kappa shape index (κ3) is 4.37. The quantitative estimate of drug-likeness (QED) is 0.506. The summed E-state index contributed by atoms with van der Waals surface area (Å²) < 4.78 is 2.00. The molecule has 1 aliphatic rings. The second kappa shape index (κ2) is 9.28. The number of piperidine rings is 1. The average Bonchev–Trinajstić information content (AvgIpc) is 3.28. The van der Waals surface area contributed by atoms with E-state index in [1.165, 1.54) is 0 Å². The van der Waals surface area contributed by atoms with E-state index in [2.05, 4.69) is 5.32 Å². The molecule has 0 saturated carbocycles. The Balaban J connectivity index is 1.39. The van der Waals surface area contributed by atoms with Gasteiger partial charge in [-0.15, -0.1) is 0 Å². The van der Waals surface area contributed by atoms with Crippen molar-refractivity contribution in [2.24, 2.45) is 0 Å². The van der Waals surface area contributed by atoms with Crippen LogP contribution in [0.4, 0.5) is 0 Å². The third-order valence-electron chi connectivity index (χ3n) is 6.18. The van der Waals surface area contributed by atoms with E-state index in [1.54, 1.807) is 0 Å². The summed E-state index contributed by atoms with van der Waals surface area (Å²) in [5.74, 6) is 0.752. The van der Waals surface area contributed by atoms with Crippen LogP contribution in [0.5, 0.6) is 0 Å². The predicted molar refractivity (Wildman–Crippen MR) is 127 cm³/mol. The SMILES string of the molecule is O=C(NCc1ccccc1)c1nc(C2CCCN(C(=O)c3ccccc3)C2)n2ccccc12. The van der Waals surface area contributed by atoms with Gasteiger partial charge in [-0.2, -0.15) is 0 Å². The molecule has 0 spiro atoms. The zero-order chi connectivity index (χ0) is 22.6. The lowest BCUT2D eigenvalue weighted by Crippen LogP contribution is -2.39. The van der Waals surface area contributed by atoms with Crippen LogP contribution in [0.3, 0.4) is 0 Å². The van der Waals surface area contributed by atoms with Gasteiger partial charge < -0.3 is 14.6 Å². The van der Waals surface area contributed by atoms with Gasteiger partial charge in [0.05, 0.1) is 5.52 Å². The molecule has 166 valence electrons. The molecule has 2 amide bonds. The molecule has 0 radical (unpaired) electrons. The van der Waals surface area contributed by atoms with E-state index in [4.69, 9.17) is 4.98 Å². The molecule has 1 saturated heterocycles. The number of hydrogen-bond acceptors (Lipinski definition) is 3. The molecule has 4 aromatic rings. The summed E-state index contributed by atoms with van der Waals surface area (Å²) in [6.07, 6.45) is 3.78. The van der Waals surface area contributed by atoms with Gasteiger partial charge in [-0.3, -0.25) is 9.59 Å². The molecular weight excluding hydrogens is 412 g/mol. The molecule has 0 aliphatic carbocycles. The highest BCUT2D eigenvalue weighted by atomic mass is 16.2. The van der Waals surface area contributed by atoms with Gasteiger partial charge in [-0.25, -0.2) is 4.98 Å². The standard InChI is InChI=1S/C27H26N4O2/c32-26(28-18-20-10-3-1-4-11-20)24-23-15-7-8-17-31(23)25(29-24)22-14-9-16-30(19-22)27(33)21-12-5-2-6-13-21/h1-8,10-13,15,17,22H,9,14,16,18-19H2,(H,28,32). The van der Waals surface area contributed by atoms with E-state index in [9.17, 15) is 9.59 Å². The second-order valence-corrected chi connectivity index (χ2v) is 8.40. The Morgan fingerprint density at radius 3 is 2.45 bits per heavy atom. The van der Waals surface area contributed by atoms with Gasteiger partial charge in [-0.05, 0) is 42.7 Å². The number of carbonyl (C=O) groups excluding carboxylic acids is 2. The van der Waals surface area contributed by atoms with Crippen LogP contribution in [0.1, 0.15) is 51.0 Å². The number of nitrogens with zero attached hydrogens (tertiary/aromatic N) is 3. The van der Waals surface area contributed by atoms with Crippen molar-refractivity contribution in [2.75, 3.05) is 13.1 Å². The fraction of sp³-hybridized carbons (Fsp3) is 0.222. The first kappa shape index (κ1) is 20.9. The minimum Gasteiger partial charge on any atom is -0.347 e. The molecule has 6 nitrogen and oxygen atoms in total. The van der Waals surface area contributed by atoms with Crippen molar-refractivity contribution in [2.45, 2.75) is 25.3 Å². The highest BCUT2D eigenvalue weighted by molar-refractivity contribution is 5.99. The zero-order valence-electron chi connectivity index (χ0n) is 18.4. The number of benzene rings is 2. The summed E-state index contributed by atoms with van der Waals surface area (Å²) in [5.41, 5.74) is 2.95. The molecule has 1 atom stereocenters. The number of pyridine rings is 1. The van der Waals surface area contributed by atoms with Gasteiger partial charge in [0, 0.05) is 37.3 Å². The molecule has 1 aliphatic heterocycles. The Kier molecular flexibility index (Phi) is 5.89. The number of rotatable bonds is 5. The molecular formula is C27H26N4O2. The van der Waals surface area contributed by atoms with Crippen molar-refractivity contribution in [1.82, 2.24) is 19.6 Å². The summed E-state index contributed by atoms with van der Waals surface area (Å²) in [6.45, 7) is 1.77. The Labute approximate surface area is 192 Å². The summed E-state index contributed by atoms with van der Waals surface area (Å²) in [6, 6.07) is 25.0. The zero-order valence-corrected chi connectivity index (χ0v) is 18.4. The van der Waals surface area contributed by atoms with Crippen molar-refractivity contribution in [3.63, 3.8) is 0 Å². The van der Waals surface area contributed by atoms with Crippen LogP contribution in [-0.4, -0.2) is 39.2 Å². The van der Waals surface area contributed by atoms with E-state index >= 15 is 0 Å². The number of hydrogen-bond donors (Lipinski definition) is 1. The van der Waals surface area contributed by atoms with Crippen molar-refractivity contribution < 1.29 is 9.59 Å². The Morgan fingerprint density at radius 2 is 1.67 bits per heavy atom. The fourth-order valence-electron chi connectivity index (χ4n) is 4.51. The Morgan fingerprint density at radius 1 is 0.939 bits per heavy atom. The Bertz CT molecular complexity index is 1270. The van der Waals surface area contributed by atoms with Gasteiger partial charge in [0.1, 0.15) is 5.82 Å². The van der Waals surface area contributed by atoms with Crippen LogP contribution < -0.4 is 5.32 Å². The van der Waals surface area contributed by atoms with Crippen LogP contribution in [0, 0.1) is 0 Å². The summed E-state index contributed by atoms with van der Waals surface area (Å²) in [4.78, 5) is 32.8. The number of imidazole rings is 1. The van der Waals surface area contributed by atoms with E-state index in [0.717, 1.165) is 36.3 Å². The highest BCUT2D eigenvalue weighted by Gasteiger charge is 2.29. The lowest BCUT2D eigenvalue weighted by atomic mass is 9.96. The first-order valence-corrected chi connectivity index (χ1v) is 11.3. The second-order valence-electron chi connectivity index (χ2n) is 8.40. The van der Waals surface area contributed by atoms with Crippen molar-refractivity contribution >= 4 is 17.3 Å². The van der Waals surface area contributed by atoms with Crippen LogP contribution in [0.25, 0.3) is 5.52 Å². The number of fused-ring (bicyclic) bond motifs is 1. The first-order valence-electron chi connectivity index (χ1n) is 11.3. The van der Waals surface area contributed by atoms with Gasteiger partial charge in [0.2, 0.25) is 0 Å². The number of nitrogens with one attached hydrogen (secondary N) is 1. The van der Waals surface area contributed by atoms with E-state index in [-0.39, 0.29) is 17.7 Å².